The summed E-state index contributed by atoms with van der Waals surface area (Å²) in [4.78, 5) is 22.0. The molecule has 0 aliphatic heterocycles. The molecule has 0 radical (unpaired) electrons. The number of anilines is 1. The summed E-state index contributed by atoms with van der Waals surface area (Å²) >= 11 is 0. The van der Waals surface area contributed by atoms with Crippen LogP contribution in [0.15, 0.2) is 24.3 Å². The molecule has 0 heterocycles. The summed E-state index contributed by atoms with van der Waals surface area (Å²) in [6, 6.07) is 6.13. The molecular weight excluding hydrogens is 208 g/mol. The monoisotopic (exact) mass is 222 g/mol. The van der Waals surface area contributed by atoms with Gasteiger partial charge in [-0.2, -0.15) is 0 Å². The fourth-order valence-corrected chi connectivity index (χ4v) is 1.21. The van der Waals surface area contributed by atoms with E-state index in [9.17, 15) is 9.59 Å². The van der Waals surface area contributed by atoms with Crippen molar-refractivity contribution in [2.24, 2.45) is 5.73 Å². The summed E-state index contributed by atoms with van der Waals surface area (Å²) in [6.07, 6.45) is -0.130. The maximum atomic E-state index is 11.4. The smallest absolute Gasteiger partial charge is 0.307 e. The van der Waals surface area contributed by atoms with Gasteiger partial charge in [-0.3, -0.25) is 9.59 Å². The number of benzene rings is 1. The van der Waals surface area contributed by atoms with Crippen molar-refractivity contribution in [2.75, 3.05) is 5.32 Å². The highest BCUT2D eigenvalue weighted by atomic mass is 16.4. The third kappa shape index (κ3) is 3.36. The number of nitrogens with one attached hydrogen (secondary N) is 1. The number of carbonyl (C=O) groups is 2. The molecule has 1 aromatic rings. The Hall–Kier alpha value is -1.88. The van der Waals surface area contributed by atoms with Gasteiger partial charge in [0.2, 0.25) is 5.91 Å². The van der Waals surface area contributed by atoms with Crippen molar-refractivity contribution in [1.82, 2.24) is 0 Å². The summed E-state index contributed by atoms with van der Waals surface area (Å²) in [7, 11) is 0. The number of hydrogen-bond acceptors (Lipinski definition) is 3. The van der Waals surface area contributed by atoms with Crippen molar-refractivity contribution in [3.05, 3.63) is 29.8 Å². The molecule has 1 rings (SSSR count). The normalized spacial score (nSPS) is 11.9. The largest absolute Gasteiger partial charge is 0.481 e. The molecule has 16 heavy (non-hydrogen) atoms. The van der Waals surface area contributed by atoms with Crippen LogP contribution < -0.4 is 11.1 Å². The highest BCUT2D eigenvalue weighted by Gasteiger charge is 2.11. The molecule has 0 bridgehead atoms. The van der Waals surface area contributed by atoms with Crippen LogP contribution in [0, 0.1) is 0 Å². The fraction of sp³-hybridized carbons (Fsp3) is 0.273. The summed E-state index contributed by atoms with van der Waals surface area (Å²) < 4.78 is 0. The Balaban J connectivity index is 2.86. The topological polar surface area (TPSA) is 92.4 Å². The van der Waals surface area contributed by atoms with Crippen LogP contribution in [0.1, 0.15) is 12.5 Å². The van der Waals surface area contributed by atoms with Crippen molar-refractivity contribution in [2.45, 2.75) is 19.4 Å². The van der Waals surface area contributed by atoms with E-state index in [1.807, 2.05) is 0 Å². The van der Waals surface area contributed by atoms with E-state index in [1.54, 1.807) is 31.2 Å². The predicted octanol–water partition coefficient (Wildman–Crippen LogP) is 0.599. The molecule has 0 aromatic heterocycles. The Kier molecular flexibility index (Phi) is 4.02. The van der Waals surface area contributed by atoms with Gasteiger partial charge in [0.05, 0.1) is 12.5 Å². The van der Waals surface area contributed by atoms with Gasteiger partial charge in [0.15, 0.2) is 0 Å². The molecule has 0 saturated carbocycles. The zero-order valence-corrected chi connectivity index (χ0v) is 8.93. The van der Waals surface area contributed by atoms with Crippen LogP contribution in [0.25, 0.3) is 0 Å². The number of aliphatic carboxylic acids is 1. The summed E-state index contributed by atoms with van der Waals surface area (Å²) in [5.41, 5.74) is 6.46. The second-order valence-electron chi connectivity index (χ2n) is 3.51. The first-order chi connectivity index (χ1) is 7.50. The van der Waals surface area contributed by atoms with Gasteiger partial charge in [-0.25, -0.2) is 0 Å². The molecule has 0 saturated heterocycles. The van der Waals surface area contributed by atoms with Gasteiger partial charge in [0.25, 0.3) is 0 Å². The van der Waals surface area contributed by atoms with E-state index < -0.39 is 12.0 Å². The van der Waals surface area contributed by atoms with E-state index in [0.717, 1.165) is 0 Å². The van der Waals surface area contributed by atoms with Crippen LogP contribution in [0.3, 0.4) is 0 Å². The maximum Gasteiger partial charge on any atom is 0.307 e. The Morgan fingerprint density at radius 1 is 1.44 bits per heavy atom. The third-order valence-corrected chi connectivity index (χ3v) is 2.03. The van der Waals surface area contributed by atoms with Crippen LogP contribution in [-0.4, -0.2) is 23.0 Å². The lowest BCUT2D eigenvalue weighted by molar-refractivity contribution is -0.136. The SMILES string of the molecule is C[C@@H](N)C(=O)Nc1ccccc1CC(=O)O. The second kappa shape index (κ2) is 5.27. The van der Waals surface area contributed by atoms with E-state index >= 15 is 0 Å². The van der Waals surface area contributed by atoms with Gasteiger partial charge in [-0.1, -0.05) is 18.2 Å². The molecule has 1 amide bonds. The summed E-state index contributed by atoms with van der Waals surface area (Å²) in [6.45, 7) is 1.56. The third-order valence-electron chi connectivity index (χ3n) is 2.03. The molecule has 4 N–H and O–H groups in total. The van der Waals surface area contributed by atoms with Gasteiger partial charge >= 0.3 is 5.97 Å². The van der Waals surface area contributed by atoms with Gasteiger partial charge in [-0.05, 0) is 18.6 Å². The van der Waals surface area contributed by atoms with Gasteiger partial charge < -0.3 is 16.2 Å². The molecule has 86 valence electrons. The van der Waals surface area contributed by atoms with E-state index in [1.165, 1.54) is 0 Å². The zero-order valence-electron chi connectivity index (χ0n) is 8.93. The minimum absolute atomic E-state index is 0.130. The Morgan fingerprint density at radius 3 is 2.62 bits per heavy atom. The number of amides is 1. The first kappa shape index (κ1) is 12.2. The number of nitrogens with two attached hydrogens (primary N) is 1. The number of carbonyl (C=O) groups excluding carboxylic acids is 1. The highest BCUT2D eigenvalue weighted by molar-refractivity contribution is 5.95. The van der Waals surface area contributed by atoms with Crippen molar-refractivity contribution < 1.29 is 14.7 Å². The fourth-order valence-electron chi connectivity index (χ4n) is 1.21. The van der Waals surface area contributed by atoms with E-state index in [-0.39, 0.29) is 12.3 Å². The Labute approximate surface area is 93.3 Å². The molecule has 1 aromatic carbocycles. The molecule has 0 fully saturated rings. The molecule has 5 heteroatoms. The van der Waals surface area contributed by atoms with Gasteiger partial charge in [0.1, 0.15) is 0 Å². The van der Waals surface area contributed by atoms with Crippen LogP contribution in [-0.2, 0) is 16.0 Å². The van der Waals surface area contributed by atoms with Crippen LogP contribution in [0.2, 0.25) is 0 Å². The number of carboxylic acid groups (broad SMARTS) is 1. The van der Waals surface area contributed by atoms with E-state index in [0.29, 0.717) is 11.3 Å². The molecule has 0 spiro atoms. The average Bonchev–Trinajstić information content (AvgIpc) is 2.20. The van der Waals surface area contributed by atoms with Crippen molar-refractivity contribution in [3.63, 3.8) is 0 Å². The minimum Gasteiger partial charge on any atom is -0.481 e. The minimum atomic E-state index is -0.942. The first-order valence-corrected chi connectivity index (χ1v) is 4.87. The molecular formula is C11H14N2O3. The second-order valence-corrected chi connectivity index (χ2v) is 3.51. The van der Waals surface area contributed by atoms with Crippen LogP contribution in [0.5, 0.6) is 0 Å². The zero-order chi connectivity index (χ0) is 12.1. The highest BCUT2D eigenvalue weighted by Crippen LogP contribution is 2.15. The Bertz CT molecular complexity index is 402. The Morgan fingerprint density at radius 2 is 2.06 bits per heavy atom. The quantitative estimate of drug-likeness (QED) is 0.695. The lowest BCUT2D eigenvalue weighted by Crippen LogP contribution is -2.32. The van der Waals surface area contributed by atoms with Crippen molar-refractivity contribution in [3.8, 4) is 0 Å². The predicted molar refractivity (Wildman–Crippen MR) is 60.1 cm³/mol. The lowest BCUT2D eigenvalue weighted by Gasteiger charge is -2.11. The van der Waals surface area contributed by atoms with Crippen LogP contribution in [0.4, 0.5) is 5.69 Å². The molecule has 0 unspecified atom stereocenters. The molecule has 0 aliphatic rings. The summed E-state index contributed by atoms with van der Waals surface area (Å²) in [5.74, 6) is -1.28. The standard InChI is InChI=1S/C11H14N2O3/c1-7(12)11(16)13-9-5-3-2-4-8(9)6-10(14)15/h2-5,7H,6,12H2,1H3,(H,13,16)(H,14,15)/t7-/m1/s1. The first-order valence-electron chi connectivity index (χ1n) is 4.87. The van der Waals surface area contributed by atoms with E-state index in [2.05, 4.69) is 5.32 Å². The van der Waals surface area contributed by atoms with Crippen molar-refractivity contribution in [1.29, 1.82) is 0 Å². The average molecular weight is 222 g/mol. The van der Waals surface area contributed by atoms with Gasteiger partial charge in [-0.15, -0.1) is 0 Å². The number of carboxylic acids is 1. The van der Waals surface area contributed by atoms with Crippen LogP contribution >= 0.6 is 0 Å². The number of rotatable bonds is 4. The molecule has 5 nitrogen and oxygen atoms in total. The van der Waals surface area contributed by atoms with Crippen molar-refractivity contribution >= 4 is 17.6 Å². The lowest BCUT2D eigenvalue weighted by atomic mass is 10.1. The van der Waals surface area contributed by atoms with E-state index in [4.69, 9.17) is 10.8 Å². The molecule has 0 aliphatic carbocycles. The number of hydrogen-bond donors (Lipinski definition) is 3. The maximum absolute atomic E-state index is 11.4. The summed E-state index contributed by atoms with van der Waals surface area (Å²) in [5, 5.41) is 11.3. The van der Waals surface area contributed by atoms with Gasteiger partial charge in [0, 0.05) is 5.69 Å². The number of para-hydroxylation sites is 1. The molecule has 1 atom stereocenters.